The first-order valence-corrected chi connectivity index (χ1v) is 11.9. The zero-order valence-electron chi connectivity index (χ0n) is 18.2. The number of carbonyl (C=O) groups is 4. The summed E-state index contributed by atoms with van der Waals surface area (Å²) in [4.78, 5) is 50.0. The Morgan fingerprint density at radius 2 is 1.74 bits per heavy atom. The van der Waals surface area contributed by atoms with Gasteiger partial charge in [0.2, 0.25) is 11.8 Å². The van der Waals surface area contributed by atoms with Gasteiger partial charge in [-0.25, -0.2) is 0 Å². The summed E-state index contributed by atoms with van der Waals surface area (Å²) in [6, 6.07) is 9.74. The van der Waals surface area contributed by atoms with Crippen LogP contribution >= 0.6 is 0 Å². The Hall–Kier alpha value is -3.81. The van der Waals surface area contributed by atoms with E-state index in [0.717, 1.165) is 10.5 Å². The number of hydrogen-bond donors (Lipinski definition) is 1. The molecule has 1 N–H and O–H groups in total. The van der Waals surface area contributed by atoms with Crippen LogP contribution in [0.2, 0.25) is 0 Å². The molecule has 9 nitrogen and oxygen atoms in total. The van der Waals surface area contributed by atoms with Gasteiger partial charge in [0.1, 0.15) is 6.04 Å². The fourth-order valence-corrected chi connectivity index (χ4v) is 4.60. The monoisotopic (exact) mass is 480 g/mol. The quantitative estimate of drug-likeness (QED) is 0.298. The van der Waals surface area contributed by atoms with Crippen LogP contribution in [0.4, 0.5) is 0 Å². The van der Waals surface area contributed by atoms with Crippen LogP contribution < -0.4 is 5.32 Å². The molecule has 4 rings (SSSR count). The lowest BCUT2D eigenvalue weighted by Crippen LogP contribution is -2.54. The molecular weight excluding hydrogens is 460 g/mol. The minimum absolute atomic E-state index is 0.0439. The molecule has 1 unspecified atom stereocenters. The molecule has 2 heterocycles. The molecule has 2 aromatic carbocycles. The lowest BCUT2D eigenvalue weighted by molar-refractivity contribution is -0.136. The number of amides is 4. The van der Waals surface area contributed by atoms with Gasteiger partial charge in [-0.05, 0) is 43.7 Å². The third-order valence-corrected chi connectivity index (χ3v) is 6.77. The van der Waals surface area contributed by atoms with Gasteiger partial charge in [0, 0.05) is 18.4 Å². The van der Waals surface area contributed by atoms with E-state index in [2.05, 4.69) is 17.2 Å². The number of nitrogens with zero attached hydrogens (tertiary/aromatic N) is 1. The van der Waals surface area contributed by atoms with Crippen molar-refractivity contribution in [2.45, 2.75) is 37.1 Å². The molecule has 0 aromatic heterocycles. The number of rotatable bonds is 5. The molecule has 10 heteroatoms. The molecule has 2 aromatic rings. The van der Waals surface area contributed by atoms with Crippen LogP contribution in [0.15, 0.2) is 47.4 Å². The molecule has 2 aliphatic heterocycles. The first kappa shape index (κ1) is 23.4. The highest BCUT2D eigenvalue weighted by Gasteiger charge is 2.44. The predicted molar refractivity (Wildman–Crippen MR) is 119 cm³/mol. The van der Waals surface area contributed by atoms with Crippen molar-refractivity contribution < 1.29 is 31.8 Å². The van der Waals surface area contributed by atoms with E-state index < -0.39 is 39.8 Å². The Labute approximate surface area is 196 Å². The van der Waals surface area contributed by atoms with Crippen molar-refractivity contribution in [3.8, 4) is 11.8 Å². The number of piperidine rings is 1. The van der Waals surface area contributed by atoms with Crippen molar-refractivity contribution in [3.05, 3.63) is 64.7 Å². The van der Waals surface area contributed by atoms with Crippen molar-refractivity contribution in [3.63, 3.8) is 0 Å². The van der Waals surface area contributed by atoms with Crippen LogP contribution in [0.5, 0.6) is 0 Å². The summed E-state index contributed by atoms with van der Waals surface area (Å²) in [5, 5.41) is 2.15. The summed E-state index contributed by atoms with van der Waals surface area (Å²) in [5.41, 5.74) is 1.67. The maximum atomic E-state index is 12.8. The first-order chi connectivity index (χ1) is 16.2. The van der Waals surface area contributed by atoms with Gasteiger partial charge in [-0.15, -0.1) is 0 Å². The molecule has 0 bridgehead atoms. The summed E-state index contributed by atoms with van der Waals surface area (Å²) in [5.74, 6) is 3.28. The Kier molecular flexibility index (Phi) is 6.32. The number of nitrogens with one attached hydrogen (secondary N) is 1. The van der Waals surface area contributed by atoms with Crippen LogP contribution in [-0.2, 0) is 23.9 Å². The molecule has 1 atom stereocenters. The number of carbonyl (C=O) groups excluding carboxylic acids is 4. The van der Waals surface area contributed by atoms with Gasteiger partial charge in [-0.2, -0.15) is 8.42 Å². The molecule has 1 fully saturated rings. The van der Waals surface area contributed by atoms with Crippen molar-refractivity contribution >= 4 is 33.7 Å². The number of hydrogen-bond acceptors (Lipinski definition) is 7. The molecule has 1 saturated heterocycles. The van der Waals surface area contributed by atoms with Crippen molar-refractivity contribution in [2.75, 3.05) is 6.61 Å². The van der Waals surface area contributed by atoms with Gasteiger partial charge >= 0.3 is 0 Å². The molecule has 0 radical (unpaired) electrons. The van der Waals surface area contributed by atoms with Crippen LogP contribution in [0.3, 0.4) is 0 Å². The summed E-state index contributed by atoms with van der Waals surface area (Å²) in [7, 11) is -3.88. The zero-order chi connectivity index (χ0) is 24.5. The molecule has 0 spiro atoms. The van der Waals surface area contributed by atoms with Gasteiger partial charge < -0.3 is 0 Å². The molecule has 174 valence electrons. The molecule has 0 aliphatic carbocycles. The smallest absolute Gasteiger partial charge is 0.295 e. The molecule has 2 aliphatic rings. The molecule has 0 saturated carbocycles. The maximum Gasteiger partial charge on any atom is 0.297 e. The number of imide groups is 2. The van der Waals surface area contributed by atoms with Gasteiger partial charge in [0.15, 0.2) is 0 Å². The fraction of sp³-hybridized carbons (Fsp3) is 0.250. The highest BCUT2D eigenvalue weighted by atomic mass is 32.2. The summed E-state index contributed by atoms with van der Waals surface area (Å²) < 4.78 is 29.4. The average molecular weight is 480 g/mol. The third kappa shape index (κ3) is 4.62. The fourth-order valence-electron chi connectivity index (χ4n) is 3.69. The third-order valence-electron chi connectivity index (χ3n) is 5.45. The van der Waals surface area contributed by atoms with E-state index in [1.807, 2.05) is 6.92 Å². The van der Waals surface area contributed by atoms with Gasteiger partial charge in [0.05, 0.1) is 22.6 Å². The topological polar surface area (TPSA) is 127 Å². The SMILES string of the molecule is Cc1ccc(S(=O)(=O)OCCC#Cc2ccc3c(c2)C(=O)N(C2CCC(=O)NC2=O)C3=O)cc1. The van der Waals surface area contributed by atoms with E-state index in [-0.39, 0.29) is 41.9 Å². The van der Waals surface area contributed by atoms with Gasteiger partial charge in [-0.1, -0.05) is 29.5 Å². The highest BCUT2D eigenvalue weighted by molar-refractivity contribution is 7.86. The molecule has 4 amide bonds. The number of aryl methyl sites for hydroxylation is 1. The summed E-state index contributed by atoms with van der Waals surface area (Å²) in [6.45, 7) is 1.70. The minimum atomic E-state index is -3.88. The van der Waals surface area contributed by atoms with Crippen LogP contribution in [0.25, 0.3) is 0 Å². The molecular formula is C24H20N2O7S. The number of benzene rings is 2. The van der Waals surface area contributed by atoms with E-state index in [4.69, 9.17) is 4.18 Å². The summed E-state index contributed by atoms with van der Waals surface area (Å²) >= 11 is 0. The Balaban J connectivity index is 1.40. The highest BCUT2D eigenvalue weighted by Crippen LogP contribution is 2.28. The van der Waals surface area contributed by atoms with Crippen molar-refractivity contribution in [1.82, 2.24) is 10.2 Å². The zero-order valence-corrected chi connectivity index (χ0v) is 19.0. The second-order valence-electron chi connectivity index (χ2n) is 7.85. The Morgan fingerprint density at radius 1 is 1.03 bits per heavy atom. The van der Waals surface area contributed by atoms with Crippen LogP contribution in [-0.4, -0.2) is 49.6 Å². The lowest BCUT2D eigenvalue weighted by atomic mass is 10.0. The van der Waals surface area contributed by atoms with Crippen LogP contribution in [0.1, 0.15) is 51.1 Å². The minimum Gasteiger partial charge on any atom is -0.295 e. The van der Waals surface area contributed by atoms with E-state index in [9.17, 15) is 27.6 Å². The Morgan fingerprint density at radius 3 is 2.44 bits per heavy atom. The van der Waals surface area contributed by atoms with Gasteiger partial charge in [-0.3, -0.25) is 33.6 Å². The predicted octanol–water partition coefficient (Wildman–Crippen LogP) is 1.54. The molecule has 34 heavy (non-hydrogen) atoms. The van der Waals surface area contributed by atoms with Crippen LogP contribution in [0, 0.1) is 18.8 Å². The second-order valence-corrected chi connectivity index (χ2v) is 9.46. The van der Waals surface area contributed by atoms with Crippen molar-refractivity contribution in [2.24, 2.45) is 0 Å². The van der Waals surface area contributed by atoms with E-state index >= 15 is 0 Å². The summed E-state index contributed by atoms with van der Waals surface area (Å²) in [6.07, 6.45) is 0.244. The number of fused-ring (bicyclic) bond motifs is 1. The Bertz CT molecular complexity index is 1370. The standard InChI is InChI=1S/C24H20N2O7S/c1-15-5-8-17(9-6-15)34(31,32)33-13-3-2-4-16-7-10-18-19(14-16)24(30)26(23(18)29)20-11-12-21(27)25-22(20)28/h5-10,14,20H,3,11-13H2,1H3,(H,25,27,28). The van der Waals surface area contributed by atoms with Crippen molar-refractivity contribution in [1.29, 1.82) is 0 Å². The second kappa shape index (κ2) is 9.21. The first-order valence-electron chi connectivity index (χ1n) is 10.5. The van der Waals surface area contributed by atoms with E-state index in [1.165, 1.54) is 24.3 Å². The van der Waals surface area contributed by atoms with Gasteiger partial charge in [0.25, 0.3) is 21.9 Å². The van der Waals surface area contributed by atoms with E-state index in [1.54, 1.807) is 18.2 Å². The lowest BCUT2D eigenvalue weighted by Gasteiger charge is -2.27. The average Bonchev–Trinajstić information content (AvgIpc) is 3.04. The normalized spacial score (nSPS) is 17.8. The largest absolute Gasteiger partial charge is 0.297 e. The maximum absolute atomic E-state index is 12.8. The van der Waals surface area contributed by atoms with E-state index in [0.29, 0.717) is 5.56 Å².